The van der Waals surface area contributed by atoms with E-state index in [9.17, 15) is 14.9 Å². The number of nitrogens with zero attached hydrogens (tertiary/aromatic N) is 2. The molecule has 0 aromatic carbocycles. The van der Waals surface area contributed by atoms with Crippen molar-refractivity contribution < 1.29 is 14.8 Å². The van der Waals surface area contributed by atoms with Crippen LogP contribution in [0.3, 0.4) is 0 Å². The number of pyridine rings is 1. The Kier molecular flexibility index (Phi) is 3.41. The summed E-state index contributed by atoms with van der Waals surface area (Å²) in [5.74, 6) is -1.27. The molecule has 0 spiro atoms. The van der Waals surface area contributed by atoms with E-state index in [1.165, 1.54) is 18.3 Å². The van der Waals surface area contributed by atoms with Crippen LogP contribution in [0.15, 0.2) is 23.4 Å². The van der Waals surface area contributed by atoms with Crippen molar-refractivity contribution in [2.75, 3.05) is 5.75 Å². The fourth-order valence-electron chi connectivity index (χ4n) is 0.763. The lowest BCUT2D eigenvalue weighted by molar-refractivity contribution is -0.388. The van der Waals surface area contributed by atoms with E-state index in [0.717, 1.165) is 11.8 Å². The summed E-state index contributed by atoms with van der Waals surface area (Å²) in [4.78, 5) is 23.9. The summed E-state index contributed by atoms with van der Waals surface area (Å²) in [6.45, 7) is 0. The zero-order valence-corrected chi connectivity index (χ0v) is 7.73. The third kappa shape index (κ3) is 2.70. The number of hydrogen-bond donors (Lipinski definition) is 1. The second kappa shape index (κ2) is 4.56. The lowest BCUT2D eigenvalue weighted by atomic mass is 10.4. The first-order valence-electron chi connectivity index (χ1n) is 3.55. The highest BCUT2D eigenvalue weighted by Gasteiger charge is 2.15. The molecule has 0 saturated carbocycles. The summed E-state index contributed by atoms with van der Waals surface area (Å²) in [6.07, 6.45) is 1.39. The number of thioether (sulfide) groups is 1. The van der Waals surface area contributed by atoms with Gasteiger partial charge >= 0.3 is 11.7 Å². The maximum absolute atomic E-state index is 10.5. The van der Waals surface area contributed by atoms with Crippen LogP contribution in [0.4, 0.5) is 5.69 Å². The number of carboxylic acids is 1. The molecule has 6 nitrogen and oxygen atoms in total. The first-order chi connectivity index (χ1) is 6.61. The fraction of sp³-hybridized carbons (Fsp3) is 0.143. The second-order valence-corrected chi connectivity index (χ2v) is 3.23. The third-order valence-corrected chi connectivity index (χ3v) is 2.26. The van der Waals surface area contributed by atoms with Crippen LogP contribution in [0, 0.1) is 10.1 Å². The molecule has 0 aliphatic rings. The van der Waals surface area contributed by atoms with Gasteiger partial charge in [-0.15, -0.1) is 0 Å². The van der Waals surface area contributed by atoms with Crippen LogP contribution in [0.5, 0.6) is 0 Å². The van der Waals surface area contributed by atoms with E-state index in [1.54, 1.807) is 0 Å². The SMILES string of the molecule is O=C(O)CSc1ncccc1[N+](=O)[O-]. The minimum atomic E-state index is -1.03. The van der Waals surface area contributed by atoms with Gasteiger partial charge in [0.05, 0.1) is 10.7 Å². The first kappa shape index (κ1) is 10.5. The molecular formula is C7H6N2O4S. The Morgan fingerprint density at radius 1 is 1.71 bits per heavy atom. The standard InChI is InChI=1S/C7H6N2O4S/c10-6(11)4-14-7-5(9(12)13)2-1-3-8-7/h1-3H,4H2,(H,10,11). The van der Waals surface area contributed by atoms with Gasteiger partial charge in [-0.1, -0.05) is 11.8 Å². The number of rotatable bonds is 4. The van der Waals surface area contributed by atoms with Gasteiger partial charge in [0.1, 0.15) is 0 Å². The van der Waals surface area contributed by atoms with Gasteiger partial charge in [0.15, 0.2) is 5.03 Å². The van der Waals surface area contributed by atoms with E-state index < -0.39 is 10.9 Å². The summed E-state index contributed by atoms with van der Waals surface area (Å²) in [6, 6.07) is 2.72. The van der Waals surface area contributed by atoms with Gasteiger partial charge in [0, 0.05) is 12.3 Å². The van der Waals surface area contributed by atoms with Crippen molar-refractivity contribution in [3.05, 3.63) is 28.4 Å². The number of aliphatic carboxylic acids is 1. The molecule has 0 atom stereocenters. The van der Waals surface area contributed by atoms with Crippen LogP contribution in [0.1, 0.15) is 0 Å². The van der Waals surface area contributed by atoms with Crippen molar-refractivity contribution in [3.8, 4) is 0 Å². The Morgan fingerprint density at radius 3 is 3.00 bits per heavy atom. The summed E-state index contributed by atoms with van der Waals surface area (Å²) >= 11 is 0.831. The highest BCUT2D eigenvalue weighted by molar-refractivity contribution is 8.00. The lowest BCUT2D eigenvalue weighted by Gasteiger charge is -1.98. The summed E-state index contributed by atoms with van der Waals surface area (Å²) in [7, 11) is 0. The van der Waals surface area contributed by atoms with Crippen LogP contribution in [0.25, 0.3) is 0 Å². The molecule has 1 N–H and O–H groups in total. The largest absolute Gasteiger partial charge is 0.481 e. The number of nitro groups is 1. The smallest absolute Gasteiger partial charge is 0.313 e. The van der Waals surface area contributed by atoms with Gasteiger partial charge in [-0.25, -0.2) is 4.98 Å². The fourth-order valence-corrected chi connectivity index (χ4v) is 1.45. The molecule has 1 aromatic rings. The highest BCUT2D eigenvalue weighted by atomic mass is 32.2. The molecule has 0 saturated heterocycles. The average Bonchev–Trinajstić information content (AvgIpc) is 2.15. The van der Waals surface area contributed by atoms with Gasteiger partial charge in [0.2, 0.25) is 0 Å². The van der Waals surface area contributed by atoms with E-state index in [2.05, 4.69) is 4.98 Å². The van der Waals surface area contributed by atoms with E-state index in [-0.39, 0.29) is 16.5 Å². The molecule has 0 unspecified atom stereocenters. The molecule has 7 heteroatoms. The van der Waals surface area contributed by atoms with Crippen LogP contribution >= 0.6 is 11.8 Å². The molecule has 1 rings (SSSR count). The Labute approximate surface area is 83.1 Å². The average molecular weight is 214 g/mol. The zero-order chi connectivity index (χ0) is 10.6. The predicted octanol–water partition coefficient (Wildman–Crippen LogP) is 1.17. The van der Waals surface area contributed by atoms with Crippen molar-refractivity contribution in [3.63, 3.8) is 0 Å². The Hall–Kier alpha value is -1.63. The molecule has 1 aromatic heterocycles. The maximum Gasteiger partial charge on any atom is 0.313 e. The maximum atomic E-state index is 10.5. The van der Waals surface area contributed by atoms with Crippen LogP contribution in [-0.4, -0.2) is 26.7 Å². The molecule has 0 aliphatic carbocycles. The summed E-state index contributed by atoms with van der Waals surface area (Å²) in [5.41, 5.74) is -0.168. The monoisotopic (exact) mass is 214 g/mol. The van der Waals surface area contributed by atoms with Crippen LogP contribution < -0.4 is 0 Å². The van der Waals surface area contributed by atoms with E-state index >= 15 is 0 Å². The van der Waals surface area contributed by atoms with Gasteiger partial charge in [0.25, 0.3) is 0 Å². The number of carbonyl (C=O) groups is 1. The van der Waals surface area contributed by atoms with Gasteiger partial charge in [-0.05, 0) is 6.07 Å². The summed E-state index contributed by atoms with van der Waals surface area (Å²) < 4.78 is 0. The molecule has 0 fully saturated rings. The third-order valence-electron chi connectivity index (χ3n) is 1.28. The predicted molar refractivity (Wildman–Crippen MR) is 49.3 cm³/mol. The van der Waals surface area contributed by atoms with Crippen LogP contribution in [-0.2, 0) is 4.79 Å². The summed E-state index contributed by atoms with van der Waals surface area (Å²) in [5, 5.41) is 19.0. The van der Waals surface area contributed by atoms with E-state index in [0.29, 0.717) is 0 Å². The minimum Gasteiger partial charge on any atom is -0.481 e. The second-order valence-electron chi connectivity index (χ2n) is 2.27. The van der Waals surface area contributed by atoms with Gasteiger partial charge < -0.3 is 5.11 Å². The van der Waals surface area contributed by atoms with Gasteiger partial charge in [-0.3, -0.25) is 14.9 Å². The minimum absolute atomic E-state index is 0.125. The molecular weight excluding hydrogens is 208 g/mol. The van der Waals surface area contributed by atoms with E-state index in [4.69, 9.17) is 5.11 Å². The molecule has 74 valence electrons. The first-order valence-corrected chi connectivity index (χ1v) is 4.54. The molecule has 1 heterocycles. The molecule has 14 heavy (non-hydrogen) atoms. The Morgan fingerprint density at radius 2 is 2.43 bits per heavy atom. The molecule has 0 radical (unpaired) electrons. The van der Waals surface area contributed by atoms with Crippen molar-refractivity contribution in [1.82, 2.24) is 4.98 Å². The zero-order valence-electron chi connectivity index (χ0n) is 6.91. The topological polar surface area (TPSA) is 93.3 Å². The molecule has 0 aliphatic heterocycles. The molecule has 0 amide bonds. The van der Waals surface area contributed by atoms with Crippen LogP contribution in [0.2, 0.25) is 0 Å². The lowest BCUT2D eigenvalue weighted by Crippen LogP contribution is -2.00. The number of hydrogen-bond acceptors (Lipinski definition) is 5. The van der Waals surface area contributed by atoms with Crippen molar-refractivity contribution >= 4 is 23.4 Å². The number of aromatic nitrogens is 1. The number of carboxylic acid groups (broad SMARTS) is 1. The molecule has 0 bridgehead atoms. The highest BCUT2D eigenvalue weighted by Crippen LogP contribution is 2.25. The van der Waals surface area contributed by atoms with Crippen molar-refractivity contribution in [1.29, 1.82) is 0 Å². The van der Waals surface area contributed by atoms with E-state index in [1.807, 2.05) is 0 Å². The normalized spacial score (nSPS) is 9.71. The Bertz CT molecular complexity index is 368. The quantitative estimate of drug-likeness (QED) is 0.459. The Balaban J connectivity index is 2.84. The van der Waals surface area contributed by atoms with Gasteiger partial charge in [-0.2, -0.15) is 0 Å². The van der Waals surface area contributed by atoms with Crippen molar-refractivity contribution in [2.45, 2.75) is 5.03 Å². The van der Waals surface area contributed by atoms with Crippen molar-refractivity contribution in [2.24, 2.45) is 0 Å².